The van der Waals surface area contributed by atoms with Crippen molar-refractivity contribution in [2.24, 2.45) is 0 Å². The van der Waals surface area contributed by atoms with Crippen LogP contribution >= 0.6 is 0 Å². The van der Waals surface area contributed by atoms with E-state index in [4.69, 9.17) is 10.5 Å². The van der Waals surface area contributed by atoms with Gasteiger partial charge in [-0.2, -0.15) is 18.3 Å². The van der Waals surface area contributed by atoms with Crippen molar-refractivity contribution in [1.82, 2.24) is 10.2 Å². The Morgan fingerprint density at radius 1 is 1.43 bits per heavy atom. The lowest BCUT2D eigenvalue weighted by Gasteiger charge is -2.17. The number of ether oxygens (including phenoxy) is 1. The quantitative estimate of drug-likeness (QED) is 0.831. The molecule has 1 heterocycles. The number of rotatable bonds is 5. The standard InChI is InChI=1S/C13H12F3N3O2/c14-13(15,16)10-3-1-2-8(4-10)11(21-7-20)5-9-6-18-19-12(9)17/h1-4,6-7,11H,5H2,(H3,17,18,19). The maximum Gasteiger partial charge on any atom is 0.416 e. The molecule has 2 rings (SSSR count). The van der Waals surface area contributed by atoms with Gasteiger partial charge < -0.3 is 10.5 Å². The Bertz CT molecular complexity index is 625. The van der Waals surface area contributed by atoms with Gasteiger partial charge in [0.1, 0.15) is 11.9 Å². The maximum atomic E-state index is 12.7. The van der Waals surface area contributed by atoms with E-state index in [0.29, 0.717) is 5.56 Å². The van der Waals surface area contributed by atoms with Crippen LogP contribution in [0.25, 0.3) is 0 Å². The number of nitrogens with one attached hydrogen (secondary N) is 1. The first kappa shape index (κ1) is 14.9. The number of halogens is 3. The summed E-state index contributed by atoms with van der Waals surface area (Å²) in [6.07, 6.45) is -3.77. The molecule has 0 saturated heterocycles. The van der Waals surface area contributed by atoms with E-state index < -0.39 is 17.8 Å². The summed E-state index contributed by atoms with van der Waals surface area (Å²) in [5.74, 6) is 0.279. The highest BCUT2D eigenvalue weighted by molar-refractivity contribution is 5.42. The largest absolute Gasteiger partial charge is 0.459 e. The number of nitrogen functional groups attached to an aromatic ring is 1. The number of carbonyl (C=O) groups excluding carboxylic acids is 1. The van der Waals surface area contributed by atoms with Crippen molar-refractivity contribution in [2.45, 2.75) is 18.7 Å². The van der Waals surface area contributed by atoms with Gasteiger partial charge in [0.2, 0.25) is 0 Å². The normalized spacial score (nSPS) is 12.9. The summed E-state index contributed by atoms with van der Waals surface area (Å²) in [5, 5.41) is 6.22. The summed E-state index contributed by atoms with van der Waals surface area (Å²) in [6.45, 7) is 0.196. The van der Waals surface area contributed by atoms with Gasteiger partial charge >= 0.3 is 6.18 Å². The van der Waals surface area contributed by atoms with Gasteiger partial charge in [-0.05, 0) is 17.7 Å². The summed E-state index contributed by atoms with van der Waals surface area (Å²) >= 11 is 0. The van der Waals surface area contributed by atoms with Gasteiger partial charge in [0.15, 0.2) is 0 Å². The first-order valence-corrected chi connectivity index (χ1v) is 5.96. The van der Waals surface area contributed by atoms with Crippen LogP contribution in [0.3, 0.4) is 0 Å². The fourth-order valence-corrected chi connectivity index (χ4v) is 1.91. The van der Waals surface area contributed by atoms with E-state index in [9.17, 15) is 18.0 Å². The molecule has 1 unspecified atom stereocenters. The molecule has 0 aliphatic heterocycles. The number of hydrogen-bond donors (Lipinski definition) is 2. The molecule has 1 aromatic carbocycles. The Kier molecular flexibility index (Phi) is 4.15. The van der Waals surface area contributed by atoms with Crippen molar-refractivity contribution in [1.29, 1.82) is 0 Å². The molecule has 1 atom stereocenters. The van der Waals surface area contributed by atoms with Crippen LogP contribution in [0, 0.1) is 0 Å². The number of anilines is 1. The lowest BCUT2D eigenvalue weighted by molar-refractivity contribution is -0.137. The Morgan fingerprint density at radius 3 is 2.76 bits per heavy atom. The fraction of sp³-hybridized carbons (Fsp3) is 0.231. The Labute approximate surface area is 117 Å². The van der Waals surface area contributed by atoms with Gasteiger partial charge in [-0.3, -0.25) is 9.89 Å². The first-order chi connectivity index (χ1) is 9.91. The third kappa shape index (κ3) is 3.53. The average Bonchev–Trinajstić information content (AvgIpc) is 2.83. The number of hydrogen-bond acceptors (Lipinski definition) is 4. The van der Waals surface area contributed by atoms with Gasteiger partial charge in [-0.25, -0.2) is 0 Å². The molecule has 0 amide bonds. The predicted molar refractivity (Wildman–Crippen MR) is 68.0 cm³/mol. The number of nitrogens with zero attached hydrogens (tertiary/aromatic N) is 1. The molecule has 0 radical (unpaired) electrons. The second-order valence-electron chi connectivity index (χ2n) is 4.36. The van der Waals surface area contributed by atoms with Gasteiger partial charge in [0.25, 0.3) is 6.47 Å². The summed E-state index contributed by atoms with van der Waals surface area (Å²) in [6, 6.07) is 4.62. The van der Waals surface area contributed by atoms with Crippen LogP contribution in [0.5, 0.6) is 0 Å². The molecule has 8 heteroatoms. The molecule has 2 aromatic rings. The summed E-state index contributed by atoms with van der Waals surface area (Å²) in [7, 11) is 0. The zero-order valence-electron chi connectivity index (χ0n) is 10.7. The van der Waals surface area contributed by atoms with E-state index >= 15 is 0 Å². The Hall–Kier alpha value is -2.51. The number of alkyl halides is 3. The molecule has 3 N–H and O–H groups in total. The number of carbonyl (C=O) groups is 1. The van der Waals surface area contributed by atoms with Crippen LogP contribution in [0.1, 0.15) is 22.8 Å². The fourth-order valence-electron chi connectivity index (χ4n) is 1.91. The second-order valence-corrected chi connectivity index (χ2v) is 4.36. The highest BCUT2D eigenvalue weighted by atomic mass is 19.4. The van der Waals surface area contributed by atoms with Crippen molar-refractivity contribution >= 4 is 12.3 Å². The average molecular weight is 299 g/mol. The molecule has 0 saturated carbocycles. The van der Waals surface area contributed by atoms with Crippen LogP contribution in [-0.2, 0) is 22.1 Å². The van der Waals surface area contributed by atoms with Crippen molar-refractivity contribution in [3.63, 3.8) is 0 Å². The van der Waals surface area contributed by atoms with Crippen LogP contribution in [0.4, 0.5) is 19.0 Å². The lowest BCUT2D eigenvalue weighted by atomic mass is 10.0. The smallest absolute Gasteiger partial charge is 0.416 e. The summed E-state index contributed by atoms with van der Waals surface area (Å²) in [4.78, 5) is 10.6. The minimum atomic E-state index is -4.46. The van der Waals surface area contributed by atoms with E-state index in [1.165, 1.54) is 18.3 Å². The monoisotopic (exact) mass is 299 g/mol. The number of nitrogens with two attached hydrogens (primary N) is 1. The molecule has 5 nitrogen and oxygen atoms in total. The van der Waals surface area contributed by atoms with Crippen LogP contribution < -0.4 is 5.73 Å². The van der Waals surface area contributed by atoms with Crippen molar-refractivity contribution in [3.8, 4) is 0 Å². The first-order valence-electron chi connectivity index (χ1n) is 5.96. The molecular weight excluding hydrogens is 287 g/mol. The zero-order valence-corrected chi connectivity index (χ0v) is 10.7. The molecule has 112 valence electrons. The van der Waals surface area contributed by atoms with E-state index in [0.717, 1.165) is 12.1 Å². The number of H-pyrrole nitrogens is 1. The third-order valence-corrected chi connectivity index (χ3v) is 2.96. The maximum absolute atomic E-state index is 12.7. The topological polar surface area (TPSA) is 81.0 Å². The third-order valence-electron chi connectivity index (χ3n) is 2.96. The molecule has 1 aromatic heterocycles. The van der Waals surface area contributed by atoms with Gasteiger partial charge in [0.05, 0.1) is 11.8 Å². The summed E-state index contributed by atoms with van der Waals surface area (Å²) < 4.78 is 43.0. The minimum Gasteiger partial charge on any atom is -0.459 e. The van der Waals surface area contributed by atoms with Crippen molar-refractivity contribution < 1.29 is 22.7 Å². The van der Waals surface area contributed by atoms with Gasteiger partial charge in [-0.15, -0.1) is 0 Å². The summed E-state index contributed by atoms with van der Waals surface area (Å²) in [5.41, 5.74) is 5.60. The minimum absolute atomic E-state index is 0.127. The highest BCUT2D eigenvalue weighted by Crippen LogP contribution is 2.32. The predicted octanol–water partition coefficient (Wildman–Crippen LogP) is 2.47. The SMILES string of the molecule is Nc1[nH]ncc1CC(OC=O)c1cccc(C(F)(F)F)c1. The van der Waals surface area contributed by atoms with Gasteiger partial charge in [0, 0.05) is 12.0 Å². The van der Waals surface area contributed by atoms with E-state index in [-0.39, 0.29) is 24.3 Å². The lowest BCUT2D eigenvalue weighted by Crippen LogP contribution is -2.11. The zero-order chi connectivity index (χ0) is 15.5. The van der Waals surface area contributed by atoms with Crippen LogP contribution in [0.15, 0.2) is 30.5 Å². The molecule has 0 fully saturated rings. The second kappa shape index (κ2) is 5.86. The molecule has 21 heavy (non-hydrogen) atoms. The molecule has 0 spiro atoms. The Morgan fingerprint density at radius 2 is 2.19 bits per heavy atom. The van der Waals surface area contributed by atoms with Crippen LogP contribution in [0.2, 0.25) is 0 Å². The number of aromatic amines is 1. The number of benzene rings is 1. The molecule has 0 aliphatic rings. The van der Waals surface area contributed by atoms with E-state index in [2.05, 4.69) is 10.2 Å². The highest BCUT2D eigenvalue weighted by Gasteiger charge is 2.31. The molecular formula is C13H12F3N3O2. The van der Waals surface area contributed by atoms with Crippen molar-refractivity contribution in [3.05, 3.63) is 47.2 Å². The van der Waals surface area contributed by atoms with E-state index in [1.807, 2.05) is 0 Å². The van der Waals surface area contributed by atoms with Crippen molar-refractivity contribution in [2.75, 3.05) is 5.73 Å². The van der Waals surface area contributed by atoms with Crippen LogP contribution in [-0.4, -0.2) is 16.7 Å². The molecule has 0 bridgehead atoms. The van der Waals surface area contributed by atoms with E-state index in [1.54, 1.807) is 0 Å². The number of aromatic nitrogens is 2. The molecule has 0 aliphatic carbocycles. The van der Waals surface area contributed by atoms with Gasteiger partial charge in [-0.1, -0.05) is 12.1 Å². The Balaban J connectivity index is 2.30.